The number of halogens is 18. The molecule has 38 heavy (non-hydrogen) atoms. The summed E-state index contributed by atoms with van der Waals surface area (Å²) >= 11 is 0. The maximum Gasteiger partial charge on any atom is 0.417 e. The van der Waals surface area contributed by atoms with Gasteiger partial charge in [0.25, 0.3) is 0 Å². The molecule has 0 aliphatic heterocycles. The van der Waals surface area contributed by atoms with Gasteiger partial charge in [-0.25, -0.2) is 0 Å². The third-order valence-corrected chi connectivity index (χ3v) is 6.81. The highest BCUT2D eigenvalue weighted by atomic mass is 33.1. The van der Waals surface area contributed by atoms with Crippen LogP contribution in [0.3, 0.4) is 0 Å². The van der Waals surface area contributed by atoms with Crippen molar-refractivity contribution in [1.29, 1.82) is 0 Å². The van der Waals surface area contributed by atoms with E-state index >= 15 is 0 Å². The molecule has 0 fully saturated rings. The van der Waals surface area contributed by atoms with E-state index in [2.05, 4.69) is 0 Å². The zero-order valence-corrected chi connectivity index (χ0v) is 18.6. The molecule has 2 aromatic rings. The molecule has 0 atom stereocenters. The van der Waals surface area contributed by atoms with Crippen LogP contribution in [0.2, 0.25) is 0 Å². The van der Waals surface area contributed by atoms with Crippen molar-refractivity contribution in [3.05, 3.63) is 57.6 Å². The van der Waals surface area contributed by atoms with E-state index < -0.39 is 126 Å². The molecule has 0 aliphatic carbocycles. The summed E-state index contributed by atoms with van der Waals surface area (Å²) in [6.45, 7) is 0. The predicted molar refractivity (Wildman–Crippen MR) is 94.6 cm³/mol. The van der Waals surface area contributed by atoms with Crippen LogP contribution in [-0.4, -0.2) is 0 Å². The number of hydrogen-bond donors (Lipinski definition) is 0. The van der Waals surface area contributed by atoms with Gasteiger partial charge in [0.1, 0.15) is 0 Å². The monoisotopic (exact) mass is 626 g/mol. The van der Waals surface area contributed by atoms with Gasteiger partial charge >= 0.3 is 37.1 Å². The third kappa shape index (κ3) is 7.29. The fourth-order valence-corrected chi connectivity index (χ4v) is 5.49. The molecule has 214 valence electrons. The normalized spacial score (nSPS) is 14.3. The highest BCUT2D eigenvalue weighted by Crippen LogP contribution is 2.55. The van der Waals surface area contributed by atoms with Crippen molar-refractivity contribution in [2.75, 3.05) is 0 Å². The first-order chi connectivity index (χ1) is 16.6. The Bertz CT molecular complexity index is 1010. The van der Waals surface area contributed by atoms with E-state index in [-0.39, 0.29) is 0 Å². The van der Waals surface area contributed by atoms with Crippen LogP contribution < -0.4 is 0 Å². The Morgan fingerprint density at radius 2 is 0.500 bits per heavy atom. The summed E-state index contributed by atoms with van der Waals surface area (Å²) in [6.07, 6.45) is -35.7. The van der Waals surface area contributed by atoms with Crippen LogP contribution in [0.1, 0.15) is 33.4 Å². The summed E-state index contributed by atoms with van der Waals surface area (Å²) in [4.78, 5) is -4.52. The number of hydrogen-bond acceptors (Lipinski definition) is 2. The van der Waals surface area contributed by atoms with E-state index in [0.717, 1.165) is 0 Å². The first-order valence-electron chi connectivity index (χ1n) is 8.79. The van der Waals surface area contributed by atoms with Gasteiger partial charge in [-0.3, -0.25) is 0 Å². The summed E-state index contributed by atoms with van der Waals surface area (Å²) in [5, 5.41) is 0. The predicted octanol–water partition coefficient (Wildman–Crippen LogP) is 10.6. The minimum Gasteiger partial charge on any atom is -0.166 e. The van der Waals surface area contributed by atoms with Crippen LogP contribution in [0.4, 0.5) is 79.0 Å². The van der Waals surface area contributed by atoms with Gasteiger partial charge in [-0.15, -0.1) is 0 Å². The second kappa shape index (κ2) is 9.81. The standard InChI is InChI=1S/C18H4F18S2/c19-13(20,21)5-1-7(15(25,26)27)11(8(2-5)16(28,29)30)37-38-12-9(17(31,32)33)3-6(14(22,23)24)4-10(12)18(34,35)36/h1-4H. The lowest BCUT2D eigenvalue weighted by Gasteiger charge is -2.23. The molecule has 0 heterocycles. The summed E-state index contributed by atoms with van der Waals surface area (Å²) in [5.41, 5.74) is -15.9. The van der Waals surface area contributed by atoms with E-state index in [1.165, 1.54) is 0 Å². The van der Waals surface area contributed by atoms with Crippen LogP contribution >= 0.6 is 21.6 Å². The molecule has 0 spiro atoms. The van der Waals surface area contributed by atoms with Crippen molar-refractivity contribution in [2.24, 2.45) is 0 Å². The Hall–Kier alpha value is -2.12. The number of alkyl halides is 18. The molecular weight excluding hydrogens is 622 g/mol. The highest BCUT2D eigenvalue weighted by molar-refractivity contribution is 8.76. The largest absolute Gasteiger partial charge is 0.417 e. The smallest absolute Gasteiger partial charge is 0.166 e. The van der Waals surface area contributed by atoms with Gasteiger partial charge in [0.2, 0.25) is 0 Å². The van der Waals surface area contributed by atoms with Gasteiger partial charge in [-0.1, -0.05) is 21.6 Å². The molecule has 0 bridgehead atoms. The van der Waals surface area contributed by atoms with E-state index in [0.29, 0.717) is 0 Å². The van der Waals surface area contributed by atoms with Crippen molar-refractivity contribution in [1.82, 2.24) is 0 Å². The van der Waals surface area contributed by atoms with Gasteiger partial charge in [0.05, 0.1) is 33.4 Å². The molecule has 0 saturated heterocycles. The average molecular weight is 626 g/mol. The molecule has 0 aromatic heterocycles. The lowest BCUT2D eigenvalue weighted by Crippen LogP contribution is -2.18. The van der Waals surface area contributed by atoms with Crippen molar-refractivity contribution in [2.45, 2.75) is 46.8 Å². The molecular formula is C18H4F18S2. The number of benzene rings is 2. The fraction of sp³-hybridized carbons (Fsp3) is 0.333. The van der Waals surface area contributed by atoms with Crippen molar-refractivity contribution >= 4 is 21.6 Å². The molecule has 0 saturated carbocycles. The zero-order chi connectivity index (χ0) is 29.9. The van der Waals surface area contributed by atoms with Crippen molar-refractivity contribution in [3.8, 4) is 0 Å². The van der Waals surface area contributed by atoms with Crippen molar-refractivity contribution in [3.63, 3.8) is 0 Å². The van der Waals surface area contributed by atoms with Crippen LogP contribution in [0, 0.1) is 0 Å². The molecule has 0 amide bonds. The van der Waals surface area contributed by atoms with Crippen LogP contribution in [0.25, 0.3) is 0 Å². The van der Waals surface area contributed by atoms with Gasteiger partial charge in [0.15, 0.2) is 0 Å². The van der Waals surface area contributed by atoms with Crippen LogP contribution in [0.5, 0.6) is 0 Å². The molecule has 0 unspecified atom stereocenters. The maximum atomic E-state index is 13.4. The summed E-state index contributed by atoms with van der Waals surface area (Å²) in [7, 11) is -2.20. The van der Waals surface area contributed by atoms with Crippen molar-refractivity contribution < 1.29 is 79.0 Å². The minimum absolute atomic E-state index is 0.847. The minimum atomic E-state index is -6.04. The maximum absolute atomic E-state index is 13.4. The second-order valence-corrected chi connectivity index (χ2v) is 9.10. The average Bonchev–Trinajstić information content (AvgIpc) is 2.66. The molecule has 0 aliphatic rings. The Balaban J connectivity index is 2.90. The van der Waals surface area contributed by atoms with E-state index in [4.69, 9.17) is 0 Å². The summed E-state index contributed by atoms with van der Waals surface area (Å²) in [6, 6.07) is -3.39. The number of rotatable bonds is 3. The third-order valence-electron chi connectivity index (χ3n) is 4.26. The Kier molecular flexibility index (Phi) is 8.29. The fourth-order valence-electron chi connectivity index (χ4n) is 2.69. The Morgan fingerprint density at radius 1 is 0.316 bits per heavy atom. The first-order valence-corrected chi connectivity index (χ1v) is 10.9. The van der Waals surface area contributed by atoms with E-state index in [1.807, 2.05) is 0 Å². The lowest BCUT2D eigenvalue weighted by atomic mass is 10.0. The molecule has 0 N–H and O–H groups in total. The zero-order valence-electron chi connectivity index (χ0n) is 16.9. The van der Waals surface area contributed by atoms with Gasteiger partial charge in [-0.05, 0) is 24.3 Å². The van der Waals surface area contributed by atoms with Gasteiger partial charge < -0.3 is 0 Å². The molecule has 2 aromatic carbocycles. The second-order valence-electron chi connectivity index (χ2n) is 6.95. The molecule has 0 radical (unpaired) electrons. The van der Waals surface area contributed by atoms with Gasteiger partial charge in [-0.2, -0.15) is 79.0 Å². The first kappa shape index (κ1) is 32.1. The van der Waals surface area contributed by atoms with Gasteiger partial charge in [0, 0.05) is 9.79 Å². The molecule has 20 heteroatoms. The van der Waals surface area contributed by atoms with E-state index in [9.17, 15) is 79.0 Å². The molecule has 2 rings (SSSR count). The quantitative estimate of drug-likeness (QED) is 0.246. The Labute approximate surface area is 205 Å². The topological polar surface area (TPSA) is 0 Å². The van der Waals surface area contributed by atoms with Crippen LogP contribution in [0.15, 0.2) is 34.1 Å². The Morgan fingerprint density at radius 3 is 0.632 bits per heavy atom. The summed E-state index contributed by atoms with van der Waals surface area (Å²) in [5.74, 6) is 0. The summed E-state index contributed by atoms with van der Waals surface area (Å²) < 4.78 is 238. The SMILES string of the molecule is FC(F)(F)c1cc(C(F)(F)F)c(SSc2c(C(F)(F)F)cc(C(F)(F)F)cc2C(F)(F)F)c(C(F)(F)F)c1. The molecule has 0 nitrogen and oxygen atoms in total. The highest BCUT2D eigenvalue weighted by Gasteiger charge is 2.47. The van der Waals surface area contributed by atoms with Crippen LogP contribution in [-0.2, 0) is 37.1 Å². The lowest BCUT2D eigenvalue weighted by molar-refractivity contribution is -0.154. The van der Waals surface area contributed by atoms with E-state index in [1.54, 1.807) is 0 Å².